The van der Waals surface area contributed by atoms with Crippen LogP contribution in [0.1, 0.15) is 44.2 Å². The highest BCUT2D eigenvalue weighted by atomic mass is 19.4. The first kappa shape index (κ1) is 12.0. The fraction of sp³-hybridized carbons (Fsp3) is 0.667. The van der Waals surface area contributed by atoms with Crippen molar-refractivity contribution in [2.45, 2.75) is 39.0 Å². The van der Waals surface area contributed by atoms with Crippen LogP contribution in [0.3, 0.4) is 0 Å². The molecular weight excluding hydrogens is 207 g/mol. The summed E-state index contributed by atoms with van der Waals surface area (Å²) in [7, 11) is 0. The van der Waals surface area contributed by atoms with Gasteiger partial charge >= 0.3 is 6.18 Å². The first-order chi connectivity index (χ1) is 6.73. The van der Waals surface area contributed by atoms with Crippen LogP contribution < -0.4 is 5.73 Å². The van der Waals surface area contributed by atoms with E-state index in [1.54, 1.807) is 20.8 Å². The Kier molecular flexibility index (Phi) is 3.08. The minimum Gasteiger partial charge on any atom is -0.323 e. The molecule has 86 valence electrons. The molecule has 0 aliphatic rings. The molecule has 0 spiro atoms. The van der Waals surface area contributed by atoms with Gasteiger partial charge in [0.25, 0.3) is 0 Å². The quantitative estimate of drug-likeness (QED) is 0.833. The summed E-state index contributed by atoms with van der Waals surface area (Å²) in [4.78, 5) is 0. The number of rotatable bonds is 2. The molecule has 0 aromatic carbocycles. The van der Waals surface area contributed by atoms with Crippen molar-refractivity contribution in [2.24, 2.45) is 5.73 Å². The summed E-state index contributed by atoms with van der Waals surface area (Å²) in [6, 6.07) is 0.406. The average Bonchev–Trinajstić information content (AvgIpc) is 2.45. The third-order valence-electron chi connectivity index (χ3n) is 2.01. The van der Waals surface area contributed by atoms with Gasteiger partial charge < -0.3 is 5.73 Å². The predicted octanol–water partition coefficient (Wildman–Crippen LogP) is 2.50. The van der Waals surface area contributed by atoms with Crippen molar-refractivity contribution in [1.82, 2.24) is 9.78 Å². The van der Waals surface area contributed by atoms with Gasteiger partial charge in [-0.1, -0.05) is 0 Å². The average molecular weight is 221 g/mol. The van der Waals surface area contributed by atoms with E-state index in [4.69, 9.17) is 5.73 Å². The second-order valence-electron chi connectivity index (χ2n) is 3.78. The normalized spacial score (nSPS) is 14.7. The maximum atomic E-state index is 12.4. The van der Waals surface area contributed by atoms with Gasteiger partial charge in [-0.3, -0.25) is 4.68 Å². The molecule has 0 bridgehead atoms. The maximum absolute atomic E-state index is 12.4. The zero-order valence-corrected chi connectivity index (χ0v) is 8.84. The van der Waals surface area contributed by atoms with Crippen molar-refractivity contribution in [3.05, 3.63) is 17.5 Å². The molecule has 0 unspecified atom stereocenters. The molecule has 1 aromatic heterocycles. The minimum absolute atomic E-state index is 0.137. The van der Waals surface area contributed by atoms with Gasteiger partial charge in [-0.05, 0) is 26.8 Å². The van der Waals surface area contributed by atoms with Gasteiger partial charge in [-0.2, -0.15) is 18.3 Å². The molecule has 6 heteroatoms. The van der Waals surface area contributed by atoms with Crippen LogP contribution in [0.2, 0.25) is 0 Å². The maximum Gasteiger partial charge on any atom is 0.435 e. The summed E-state index contributed by atoms with van der Waals surface area (Å²) in [6.07, 6.45) is -4.41. The van der Waals surface area contributed by atoms with Crippen molar-refractivity contribution in [1.29, 1.82) is 0 Å². The highest BCUT2D eigenvalue weighted by molar-refractivity contribution is 5.16. The van der Waals surface area contributed by atoms with E-state index < -0.39 is 17.9 Å². The number of nitrogens with zero attached hydrogens (tertiary/aromatic N) is 2. The lowest BCUT2D eigenvalue weighted by molar-refractivity contribution is -0.141. The molecule has 0 aliphatic carbocycles. The SMILES string of the molecule is CC(C)n1nc(C(F)(F)F)cc1[C@H](C)N. The van der Waals surface area contributed by atoms with Crippen LogP contribution >= 0.6 is 0 Å². The van der Waals surface area contributed by atoms with Gasteiger partial charge in [0.1, 0.15) is 0 Å². The van der Waals surface area contributed by atoms with Crippen molar-refractivity contribution in [2.75, 3.05) is 0 Å². The Balaban J connectivity index is 3.21. The number of alkyl halides is 3. The largest absolute Gasteiger partial charge is 0.435 e. The van der Waals surface area contributed by atoms with E-state index in [1.165, 1.54) is 4.68 Å². The summed E-state index contributed by atoms with van der Waals surface area (Å²) in [5, 5.41) is 3.51. The van der Waals surface area contributed by atoms with Crippen LogP contribution in [0.25, 0.3) is 0 Å². The lowest BCUT2D eigenvalue weighted by Gasteiger charge is -2.12. The number of hydrogen-bond donors (Lipinski definition) is 1. The fourth-order valence-corrected chi connectivity index (χ4v) is 1.30. The van der Waals surface area contributed by atoms with Crippen molar-refractivity contribution in [3.63, 3.8) is 0 Å². The van der Waals surface area contributed by atoms with Gasteiger partial charge in [0.15, 0.2) is 5.69 Å². The monoisotopic (exact) mass is 221 g/mol. The molecule has 0 saturated heterocycles. The van der Waals surface area contributed by atoms with Gasteiger partial charge in [-0.15, -0.1) is 0 Å². The molecule has 1 rings (SSSR count). The van der Waals surface area contributed by atoms with E-state index in [0.717, 1.165) is 6.07 Å². The molecule has 0 aliphatic heterocycles. The van der Waals surface area contributed by atoms with Crippen LogP contribution in [0.4, 0.5) is 13.2 Å². The molecular formula is C9H14F3N3. The van der Waals surface area contributed by atoms with Gasteiger partial charge in [0, 0.05) is 12.1 Å². The number of hydrogen-bond acceptors (Lipinski definition) is 2. The topological polar surface area (TPSA) is 43.8 Å². The Morgan fingerprint density at radius 2 is 1.87 bits per heavy atom. The van der Waals surface area contributed by atoms with Crippen molar-refractivity contribution < 1.29 is 13.2 Å². The second kappa shape index (κ2) is 3.84. The summed E-state index contributed by atoms with van der Waals surface area (Å²) in [5.41, 5.74) is 5.10. The summed E-state index contributed by atoms with van der Waals surface area (Å²) in [6.45, 7) is 5.16. The van der Waals surface area contributed by atoms with E-state index in [1.807, 2.05) is 0 Å². The zero-order valence-electron chi connectivity index (χ0n) is 8.84. The molecule has 1 atom stereocenters. The highest BCUT2D eigenvalue weighted by Crippen LogP contribution is 2.30. The van der Waals surface area contributed by atoms with Crippen LogP contribution in [-0.2, 0) is 6.18 Å². The van der Waals surface area contributed by atoms with Gasteiger partial charge in [-0.25, -0.2) is 0 Å². The molecule has 2 N–H and O–H groups in total. The number of nitrogens with two attached hydrogens (primary N) is 1. The third-order valence-corrected chi connectivity index (χ3v) is 2.01. The third kappa shape index (κ3) is 2.50. The summed E-state index contributed by atoms with van der Waals surface area (Å²) < 4.78 is 38.5. The van der Waals surface area contributed by atoms with Crippen molar-refractivity contribution >= 4 is 0 Å². The Morgan fingerprint density at radius 3 is 2.13 bits per heavy atom. The van der Waals surface area contributed by atoms with Crippen LogP contribution in [0.15, 0.2) is 6.07 Å². The lowest BCUT2D eigenvalue weighted by atomic mass is 10.2. The summed E-state index contributed by atoms with van der Waals surface area (Å²) in [5.74, 6) is 0. The first-order valence-electron chi connectivity index (χ1n) is 4.65. The van der Waals surface area contributed by atoms with E-state index in [2.05, 4.69) is 5.10 Å². The molecule has 0 radical (unpaired) electrons. The standard InChI is InChI=1S/C9H14F3N3/c1-5(2)15-7(6(3)13)4-8(14-15)9(10,11)12/h4-6H,13H2,1-3H3/t6-/m0/s1. The van der Waals surface area contributed by atoms with Crippen molar-refractivity contribution in [3.8, 4) is 0 Å². The second-order valence-corrected chi connectivity index (χ2v) is 3.78. The Morgan fingerprint density at radius 1 is 1.33 bits per heavy atom. The van der Waals surface area contributed by atoms with Crippen LogP contribution in [-0.4, -0.2) is 9.78 Å². The highest BCUT2D eigenvalue weighted by Gasteiger charge is 2.35. The molecule has 3 nitrogen and oxygen atoms in total. The lowest BCUT2D eigenvalue weighted by Crippen LogP contribution is -2.15. The smallest absolute Gasteiger partial charge is 0.323 e. The summed E-state index contributed by atoms with van der Waals surface area (Å²) >= 11 is 0. The Bertz CT molecular complexity index is 313. The van der Waals surface area contributed by atoms with Crippen LogP contribution in [0.5, 0.6) is 0 Å². The molecule has 1 heterocycles. The predicted molar refractivity (Wildman–Crippen MR) is 50.2 cm³/mol. The van der Waals surface area contributed by atoms with E-state index in [-0.39, 0.29) is 6.04 Å². The molecule has 0 fully saturated rings. The minimum atomic E-state index is -4.41. The number of aromatic nitrogens is 2. The molecule has 1 aromatic rings. The van der Waals surface area contributed by atoms with E-state index in [9.17, 15) is 13.2 Å². The fourth-order valence-electron chi connectivity index (χ4n) is 1.30. The van der Waals surface area contributed by atoms with Gasteiger partial charge in [0.2, 0.25) is 0 Å². The van der Waals surface area contributed by atoms with E-state index in [0.29, 0.717) is 5.69 Å². The van der Waals surface area contributed by atoms with Gasteiger partial charge in [0.05, 0.1) is 5.69 Å². The van der Waals surface area contributed by atoms with E-state index >= 15 is 0 Å². The molecule has 0 saturated carbocycles. The first-order valence-corrected chi connectivity index (χ1v) is 4.65. The Labute approximate surface area is 86.1 Å². The van der Waals surface area contributed by atoms with Crippen LogP contribution in [0, 0.1) is 0 Å². The zero-order chi connectivity index (χ0) is 11.8. The molecule has 0 amide bonds. The molecule has 15 heavy (non-hydrogen) atoms. The number of halogens is 3. The Hall–Kier alpha value is -1.04.